The van der Waals surface area contributed by atoms with Crippen LogP contribution in [0, 0.1) is 5.82 Å². The molecular weight excluding hydrogens is 326 g/mol. The summed E-state index contributed by atoms with van der Waals surface area (Å²) in [5, 5.41) is 19.3. The number of anilines is 2. The first kappa shape index (κ1) is 15.1. The summed E-state index contributed by atoms with van der Waals surface area (Å²) in [4.78, 5) is 0. The van der Waals surface area contributed by atoms with Crippen molar-refractivity contribution in [1.29, 1.82) is 0 Å². The quantitative estimate of drug-likeness (QED) is 0.429. The van der Waals surface area contributed by atoms with Crippen LogP contribution in [0.1, 0.15) is 0 Å². The van der Waals surface area contributed by atoms with E-state index in [-0.39, 0.29) is 10.7 Å². The summed E-state index contributed by atoms with van der Waals surface area (Å²) in [5.41, 5.74) is 0.651. The molecule has 0 bridgehead atoms. The molecule has 2 aromatic rings. The maximum absolute atomic E-state index is 13.3. The predicted molar refractivity (Wildman–Crippen MR) is 80.0 cm³/mol. The van der Waals surface area contributed by atoms with Gasteiger partial charge in [0.15, 0.2) is 11.6 Å². The molecule has 0 saturated carbocycles. The molecule has 2 aromatic carbocycles. The topological polar surface area (TPSA) is 55.7 Å². The van der Waals surface area contributed by atoms with Crippen LogP contribution in [0.3, 0.4) is 0 Å². The molecular formula is C12H9Cl2FN2O2S. The van der Waals surface area contributed by atoms with E-state index in [0.29, 0.717) is 10.7 Å². The lowest BCUT2D eigenvalue weighted by atomic mass is 10.3. The molecule has 0 radical (unpaired) electrons. The fourth-order valence-electron chi connectivity index (χ4n) is 1.38. The third kappa shape index (κ3) is 3.40. The molecule has 0 spiro atoms. The Hall–Kier alpha value is -1.34. The normalized spacial score (nSPS) is 10.4. The zero-order chi connectivity index (χ0) is 14.7. The summed E-state index contributed by atoms with van der Waals surface area (Å²) >= 11 is 12.3. The van der Waals surface area contributed by atoms with Crippen LogP contribution in [0.15, 0.2) is 36.4 Å². The maximum Gasteiger partial charge on any atom is 0.170 e. The molecule has 20 heavy (non-hydrogen) atoms. The van der Waals surface area contributed by atoms with Gasteiger partial charge in [-0.05, 0) is 18.2 Å². The molecule has 2 rings (SSSR count). The molecule has 0 atom stereocenters. The molecule has 8 heteroatoms. The summed E-state index contributed by atoms with van der Waals surface area (Å²) in [5.74, 6) is -1.47. The fraction of sp³-hybridized carbons (Fsp3) is 0. The largest absolute Gasteiger partial charge is 0.504 e. The average Bonchev–Trinajstić information content (AvgIpc) is 2.42. The summed E-state index contributed by atoms with van der Waals surface area (Å²) in [6.07, 6.45) is 0. The molecule has 0 aromatic heterocycles. The van der Waals surface area contributed by atoms with Crippen molar-refractivity contribution in [2.75, 3.05) is 9.19 Å². The van der Waals surface area contributed by atoms with Crippen molar-refractivity contribution in [1.82, 2.24) is 0 Å². The number of hydrogen-bond acceptors (Lipinski definition) is 5. The third-order valence-electron chi connectivity index (χ3n) is 2.33. The van der Waals surface area contributed by atoms with Crippen LogP contribution in [0.4, 0.5) is 15.8 Å². The summed E-state index contributed by atoms with van der Waals surface area (Å²) in [7, 11) is 0. The zero-order valence-corrected chi connectivity index (χ0v) is 12.2. The smallest absolute Gasteiger partial charge is 0.170 e. The number of phenolic OH excluding ortho intramolecular Hbond substituents is 1. The van der Waals surface area contributed by atoms with Crippen molar-refractivity contribution in [2.24, 2.45) is 0 Å². The van der Waals surface area contributed by atoms with E-state index in [1.54, 1.807) is 24.3 Å². The second-order valence-electron chi connectivity index (χ2n) is 3.71. The second kappa shape index (κ2) is 6.41. The summed E-state index contributed by atoms with van der Waals surface area (Å²) in [6, 6.07) is 9.05. The standard InChI is InChI=1S/C12H9Cl2FN2O2S/c13-8-3-1-2-4-11(8)17(19)20-16-7-5-9(14)12(18)10(15)6-7/h1-6,16,18-19H. The Labute approximate surface area is 129 Å². The van der Waals surface area contributed by atoms with E-state index in [0.717, 1.165) is 22.7 Å². The van der Waals surface area contributed by atoms with Gasteiger partial charge in [-0.1, -0.05) is 35.3 Å². The Balaban J connectivity index is 2.07. The highest BCUT2D eigenvalue weighted by Crippen LogP contribution is 2.33. The van der Waals surface area contributed by atoms with Gasteiger partial charge in [0.1, 0.15) is 0 Å². The SMILES string of the molecule is Oc1c(F)cc(NSN(O)c2ccccc2Cl)cc1Cl. The first-order valence-electron chi connectivity index (χ1n) is 5.33. The van der Waals surface area contributed by atoms with Gasteiger partial charge in [-0.2, -0.15) is 4.47 Å². The highest BCUT2D eigenvalue weighted by Gasteiger charge is 2.11. The summed E-state index contributed by atoms with van der Waals surface area (Å²) in [6.45, 7) is 0. The summed E-state index contributed by atoms with van der Waals surface area (Å²) < 4.78 is 16.7. The van der Waals surface area contributed by atoms with E-state index in [2.05, 4.69) is 4.72 Å². The van der Waals surface area contributed by atoms with Crippen LogP contribution in [0.5, 0.6) is 5.75 Å². The van der Waals surface area contributed by atoms with Crippen LogP contribution in [-0.2, 0) is 0 Å². The Kier molecular flexibility index (Phi) is 4.82. The molecule has 0 amide bonds. The van der Waals surface area contributed by atoms with Crippen LogP contribution in [0.25, 0.3) is 0 Å². The second-order valence-corrected chi connectivity index (χ2v) is 5.25. The monoisotopic (exact) mass is 334 g/mol. The number of nitrogens with one attached hydrogen (secondary N) is 1. The lowest BCUT2D eigenvalue weighted by Crippen LogP contribution is -2.11. The molecule has 0 aliphatic carbocycles. The number of hydrogen-bond donors (Lipinski definition) is 3. The highest BCUT2D eigenvalue weighted by molar-refractivity contribution is 8.01. The van der Waals surface area contributed by atoms with Gasteiger partial charge in [0.2, 0.25) is 0 Å². The van der Waals surface area contributed by atoms with Gasteiger partial charge in [0.05, 0.1) is 33.6 Å². The van der Waals surface area contributed by atoms with Crippen LogP contribution < -0.4 is 9.19 Å². The molecule has 0 aliphatic rings. The van der Waals surface area contributed by atoms with Gasteiger partial charge < -0.3 is 9.83 Å². The molecule has 0 unspecified atom stereocenters. The number of para-hydroxylation sites is 1. The van der Waals surface area contributed by atoms with Gasteiger partial charge in [-0.3, -0.25) is 5.21 Å². The van der Waals surface area contributed by atoms with E-state index in [4.69, 9.17) is 23.2 Å². The van der Waals surface area contributed by atoms with Crippen LogP contribution in [0.2, 0.25) is 10.0 Å². The number of rotatable bonds is 4. The maximum atomic E-state index is 13.3. The molecule has 0 aliphatic heterocycles. The van der Waals surface area contributed by atoms with Crippen molar-refractivity contribution in [2.45, 2.75) is 0 Å². The Morgan fingerprint density at radius 2 is 1.85 bits per heavy atom. The minimum absolute atomic E-state index is 0.129. The first-order valence-corrected chi connectivity index (χ1v) is 6.86. The van der Waals surface area contributed by atoms with E-state index in [1.807, 2.05) is 0 Å². The number of phenols is 1. The fourth-order valence-corrected chi connectivity index (χ4v) is 2.42. The van der Waals surface area contributed by atoms with Crippen molar-refractivity contribution in [3.63, 3.8) is 0 Å². The van der Waals surface area contributed by atoms with Gasteiger partial charge in [0, 0.05) is 6.07 Å². The lowest BCUT2D eigenvalue weighted by Gasteiger charge is -2.17. The zero-order valence-electron chi connectivity index (χ0n) is 9.85. The average molecular weight is 335 g/mol. The lowest BCUT2D eigenvalue weighted by molar-refractivity contribution is 0.332. The Bertz CT molecular complexity index is 607. The van der Waals surface area contributed by atoms with E-state index < -0.39 is 11.6 Å². The molecule has 106 valence electrons. The van der Waals surface area contributed by atoms with Crippen molar-refractivity contribution in [3.8, 4) is 5.75 Å². The predicted octanol–water partition coefficient (Wildman–Crippen LogP) is 4.71. The molecule has 0 heterocycles. The molecule has 0 saturated heterocycles. The Morgan fingerprint density at radius 3 is 2.50 bits per heavy atom. The number of aromatic hydroxyl groups is 1. The Morgan fingerprint density at radius 1 is 1.15 bits per heavy atom. The van der Waals surface area contributed by atoms with Gasteiger partial charge in [-0.25, -0.2) is 4.39 Å². The highest BCUT2D eigenvalue weighted by atomic mass is 35.5. The number of halogens is 3. The van der Waals surface area contributed by atoms with Crippen LogP contribution >= 0.6 is 35.3 Å². The number of nitrogens with zero attached hydrogens (tertiary/aromatic N) is 1. The minimum atomic E-state index is -0.858. The van der Waals surface area contributed by atoms with Gasteiger partial charge >= 0.3 is 0 Å². The van der Waals surface area contributed by atoms with Crippen molar-refractivity contribution in [3.05, 3.63) is 52.3 Å². The van der Waals surface area contributed by atoms with E-state index >= 15 is 0 Å². The van der Waals surface area contributed by atoms with Crippen molar-refractivity contribution >= 4 is 46.7 Å². The molecule has 4 nitrogen and oxygen atoms in total. The first-order chi connectivity index (χ1) is 9.49. The third-order valence-corrected chi connectivity index (χ3v) is 3.63. The van der Waals surface area contributed by atoms with Gasteiger partial charge in [0.25, 0.3) is 0 Å². The van der Waals surface area contributed by atoms with Crippen molar-refractivity contribution < 1.29 is 14.7 Å². The van der Waals surface area contributed by atoms with Gasteiger partial charge in [-0.15, -0.1) is 0 Å². The minimum Gasteiger partial charge on any atom is -0.504 e. The molecule has 3 N–H and O–H groups in total. The van der Waals surface area contributed by atoms with Crippen LogP contribution in [-0.4, -0.2) is 10.3 Å². The van der Waals surface area contributed by atoms with E-state index in [9.17, 15) is 14.7 Å². The van der Waals surface area contributed by atoms with E-state index in [1.165, 1.54) is 6.07 Å². The number of benzene rings is 2. The molecule has 0 fully saturated rings.